The Balaban J connectivity index is 0.000000408. The maximum atomic E-state index is 4.90. The molecule has 2 heterocycles. The first kappa shape index (κ1) is 26.3. The topological polar surface area (TPSA) is 65.8 Å². The highest BCUT2D eigenvalue weighted by atomic mass is 16.5. The largest absolute Gasteiger partial charge is 0.382 e. The molecule has 0 saturated carbocycles. The second-order valence-electron chi connectivity index (χ2n) is 5.77. The molecule has 0 saturated heterocycles. The summed E-state index contributed by atoms with van der Waals surface area (Å²) in [6.07, 6.45) is 12.5. The molecule has 0 aliphatic rings. The molecule has 0 aromatic carbocycles. The summed E-state index contributed by atoms with van der Waals surface area (Å²) in [5, 5.41) is 0. The Bertz CT molecular complexity index is 620. The van der Waals surface area contributed by atoms with Crippen molar-refractivity contribution in [2.75, 3.05) is 27.9 Å². The van der Waals surface area contributed by atoms with E-state index in [1.807, 2.05) is 49.4 Å². The maximum Gasteiger partial charge on any atom is 0.0884 e. The zero-order valence-electron chi connectivity index (χ0n) is 17.9. The van der Waals surface area contributed by atoms with Gasteiger partial charge in [-0.25, -0.2) is 0 Å². The monoisotopic (exact) mass is 399 g/mol. The Kier molecular flexibility index (Phi) is 18.2. The van der Waals surface area contributed by atoms with Crippen LogP contribution in [0.2, 0.25) is 0 Å². The Labute approximate surface area is 175 Å². The van der Waals surface area contributed by atoms with Crippen LogP contribution in [0.5, 0.6) is 0 Å². The van der Waals surface area contributed by atoms with Gasteiger partial charge >= 0.3 is 0 Å². The lowest BCUT2D eigenvalue weighted by Crippen LogP contribution is -2.06. The van der Waals surface area contributed by atoms with E-state index < -0.39 is 0 Å². The van der Waals surface area contributed by atoms with Crippen LogP contribution in [0.15, 0.2) is 78.7 Å². The minimum absolute atomic E-state index is 0.231. The molecule has 2 aromatic heterocycles. The molecule has 1 unspecified atom stereocenters. The molecule has 0 radical (unpaired) electrons. The summed E-state index contributed by atoms with van der Waals surface area (Å²) in [6, 6.07) is 9.88. The minimum atomic E-state index is 0.231. The van der Waals surface area contributed by atoms with Gasteiger partial charge in [-0.3, -0.25) is 15.0 Å². The third kappa shape index (κ3) is 17.2. The number of aliphatic imine (C=N–C) groups is 1. The average Bonchev–Trinajstić information content (AvgIpc) is 2.75. The third-order valence-electron chi connectivity index (χ3n) is 3.13. The van der Waals surface area contributed by atoms with Crippen LogP contribution in [-0.2, 0) is 27.4 Å². The van der Waals surface area contributed by atoms with E-state index in [1.54, 1.807) is 52.2 Å². The van der Waals surface area contributed by atoms with E-state index in [0.717, 1.165) is 11.3 Å². The summed E-state index contributed by atoms with van der Waals surface area (Å²) in [6.45, 7) is 7.45. The molecule has 0 bridgehead atoms. The summed E-state index contributed by atoms with van der Waals surface area (Å²) in [5.74, 6) is 0. The first-order valence-corrected chi connectivity index (χ1v) is 9.24. The number of methoxy groups -OCH3 is 3. The van der Waals surface area contributed by atoms with Crippen molar-refractivity contribution in [3.63, 3.8) is 0 Å². The van der Waals surface area contributed by atoms with Crippen LogP contribution in [0.1, 0.15) is 18.2 Å². The predicted octanol–water partition coefficient (Wildman–Crippen LogP) is 4.29. The Morgan fingerprint density at radius 2 is 1.79 bits per heavy atom. The molecule has 6 heteroatoms. The van der Waals surface area contributed by atoms with Gasteiger partial charge in [-0.2, -0.15) is 0 Å². The van der Waals surface area contributed by atoms with E-state index in [-0.39, 0.29) is 6.04 Å². The van der Waals surface area contributed by atoms with Crippen LogP contribution in [0.4, 0.5) is 0 Å². The molecule has 0 spiro atoms. The van der Waals surface area contributed by atoms with Gasteiger partial charge in [-0.15, -0.1) is 0 Å². The van der Waals surface area contributed by atoms with Gasteiger partial charge in [0.05, 0.1) is 31.6 Å². The zero-order valence-corrected chi connectivity index (χ0v) is 17.9. The highest BCUT2D eigenvalue weighted by molar-refractivity contribution is 5.71. The lowest BCUT2D eigenvalue weighted by atomic mass is 10.3. The van der Waals surface area contributed by atoms with Crippen molar-refractivity contribution in [2.24, 2.45) is 4.99 Å². The average molecular weight is 400 g/mol. The molecule has 1 atom stereocenters. The van der Waals surface area contributed by atoms with E-state index in [4.69, 9.17) is 14.2 Å². The molecular weight excluding hydrogens is 366 g/mol. The number of ether oxygens (including phenoxy) is 3. The number of hydrogen-bond donors (Lipinski definition) is 0. The van der Waals surface area contributed by atoms with Gasteiger partial charge in [0.1, 0.15) is 0 Å². The number of nitrogens with zero attached hydrogens (tertiary/aromatic N) is 3. The summed E-state index contributed by atoms with van der Waals surface area (Å²) in [5.41, 5.74) is 2.08. The van der Waals surface area contributed by atoms with Crippen molar-refractivity contribution in [3.8, 4) is 0 Å². The van der Waals surface area contributed by atoms with E-state index in [1.165, 1.54) is 0 Å². The van der Waals surface area contributed by atoms with Crippen molar-refractivity contribution in [1.29, 1.82) is 0 Å². The predicted molar refractivity (Wildman–Crippen MR) is 119 cm³/mol. The summed E-state index contributed by atoms with van der Waals surface area (Å²) < 4.78 is 14.7. The van der Waals surface area contributed by atoms with Crippen LogP contribution < -0.4 is 0 Å². The first-order valence-electron chi connectivity index (χ1n) is 9.24. The molecule has 2 rings (SSSR count). The fraction of sp³-hybridized carbons (Fsp3) is 0.348. The van der Waals surface area contributed by atoms with Crippen LogP contribution in [0, 0.1) is 0 Å². The van der Waals surface area contributed by atoms with E-state index in [2.05, 4.69) is 21.5 Å². The summed E-state index contributed by atoms with van der Waals surface area (Å²) in [4.78, 5) is 12.1. The van der Waals surface area contributed by atoms with Crippen LogP contribution >= 0.6 is 0 Å². The second-order valence-corrected chi connectivity index (χ2v) is 5.77. The van der Waals surface area contributed by atoms with E-state index in [0.29, 0.717) is 19.8 Å². The van der Waals surface area contributed by atoms with Gasteiger partial charge in [-0.05, 0) is 36.8 Å². The Morgan fingerprint density at radius 3 is 2.34 bits per heavy atom. The molecule has 0 aliphatic carbocycles. The van der Waals surface area contributed by atoms with Gasteiger partial charge in [0.15, 0.2) is 0 Å². The number of allylic oxidation sites excluding steroid dienone is 3. The first-order chi connectivity index (χ1) is 14.2. The highest BCUT2D eigenvalue weighted by Crippen LogP contribution is 1.95. The number of aromatic nitrogens is 2. The molecule has 0 aliphatic heterocycles. The quantitative estimate of drug-likeness (QED) is 0.465. The van der Waals surface area contributed by atoms with Crippen molar-refractivity contribution in [1.82, 2.24) is 9.97 Å². The highest BCUT2D eigenvalue weighted by Gasteiger charge is 1.92. The molecule has 2 aromatic rings. The van der Waals surface area contributed by atoms with Crippen LogP contribution in [0.25, 0.3) is 0 Å². The van der Waals surface area contributed by atoms with Gasteiger partial charge in [0.2, 0.25) is 0 Å². The van der Waals surface area contributed by atoms with E-state index in [9.17, 15) is 0 Å². The van der Waals surface area contributed by atoms with Crippen molar-refractivity contribution in [2.45, 2.75) is 26.2 Å². The van der Waals surface area contributed by atoms with Crippen LogP contribution in [0.3, 0.4) is 0 Å². The van der Waals surface area contributed by atoms with Crippen molar-refractivity contribution in [3.05, 3.63) is 85.0 Å². The molecule has 6 nitrogen and oxygen atoms in total. The molecule has 0 amide bonds. The van der Waals surface area contributed by atoms with Gasteiger partial charge in [0.25, 0.3) is 0 Å². The normalized spacial score (nSPS) is 11.3. The number of pyridine rings is 2. The number of rotatable bonds is 9. The molecule has 0 N–H and O–H groups in total. The second kappa shape index (κ2) is 20.1. The zero-order chi connectivity index (χ0) is 21.6. The fourth-order valence-corrected chi connectivity index (χ4v) is 1.89. The minimum Gasteiger partial charge on any atom is -0.382 e. The maximum absolute atomic E-state index is 4.90. The molecule has 0 fully saturated rings. The summed E-state index contributed by atoms with van der Waals surface area (Å²) in [7, 11) is 5.01. The third-order valence-corrected chi connectivity index (χ3v) is 3.13. The standard InChI is InChI=1S/C9H15NO.2C7H9NO/c1-4-5-6-7-10-9(2)8-11-3;1-9-6-7-3-2-4-8-5-7;1-9-6-7-4-2-3-5-8-7/h4-7,9H,1,8H2,2-3H3;2*2-5H,6H2,1H3/b6-5-,10-7?;;. The Hall–Kier alpha value is -2.67. The van der Waals surface area contributed by atoms with Crippen LogP contribution in [-0.4, -0.2) is 50.2 Å². The van der Waals surface area contributed by atoms with Crippen molar-refractivity contribution < 1.29 is 14.2 Å². The Morgan fingerprint density at radius 1 is 1.00 bits per heavy atom. The SMILES string of the molecule is C=C/C=C\C=NC(C)COC.COCc1ccccn1.COCc1cccnc1. The fourth-order valence-electron chi connectivity index (χ4n) is 1.89. The number of hydrogen-bond acceptors (Lipinski definition) is 6. The van der Waals surface area contributed by atoms with Gasteiger partial charge in [-0.1, -0.05) is 30.9 Å². The van der Waals surface area contributed by atoms with Gasteiger partial charge in [0, 0.05) is 46.1 Å². The summed E-state index contributed by atoms with van der Waals surface area (Å²) >= 11 is 0. The lowest BCUT2D eigenvalue weighted by Gasteiger charge is -2.01. The molecule has 158 valence electrons. The van der Waals surface area contributed by atoms with Gasteiger partial charge < -0.3 is 14.2 Å². The lowest BCUT2D eigenvalue weighted by molar-refractivity contribution is 0.181. The van der Waals surface area contributed by atoms with Crippen molar-refractivity contribution >= 4 is 6.21 Å². The van der Waals surface area contributed by atoms with E-state index >= 15 is 0 Å². The smallest absolute Gasteiger partial charge is 0.0884 e. The molecule has 29 heavy (non-hydrogen) atoms. The molecular formula is C23H33N3O3.